The van der Waals surface area contributed by atoms with Gasteiger partial charge in [-0.2, -0.15) is 13.2 Å². The molecular weight excluding hydrogens is 262 g/mol. The van der Waals surface area contributed by atoms with Gasteiger partial charge in [0.1, 0.15) is 5.82 Å². The van der Waals surface area contributed by atoms with Crippen molar-refractivity contribution in [2.75, 3.05) is 0 Å². The standard InChI is InChI=1S/C13H17F4NO/c1-8(19)12(2,3)18-7-9-4-5-10(14)6-11(9)13(15,16)17/h4-6,8,18-19H,7H2,1-3H3. The molecule has 0 saturated heterocycles. The Morgan fingerprint density at radius 1 is 1.26 bits per heavy atom. The van der Waals surface area contributed by atoms with Crippen LogP contribution in [0.1, 0.15) is 31.9 Å². The summed E-state index contributed by atoms with van der Waals surface area (Å²) in [6, 6.07) is 2.57. The Morgan fingerprint density at radius 2 is 1.84 bits per heavy atom. The van der Waals surface area contributed by atoms with Crippen LogP contribution in [0.2, 0.25) is 0 Å². The van der Waals surface area contributed by atoms with Crippen molar-refractivity contribution in [1.82, 2.24) is 5.32 Å². The van der Waals surface area contributed by atoms with Gasteiger partial charge < -0.3 is 10.4 Å². The highest BCUT2D eigenvalue weighted by atomic mass is 19.4. The SMILES string of the molecule is CC(O)C(C)(C)NCc1ccc(F)cc1C(F)(F)F. The summed E-state index contributed by atoms with van der Waals surface area (Å²) in [4.78, 5) is 0. The summed E-state index contributed by atoms with van der Waals surface area (Å²) in [6.45, 7) is 4.79. The van der Waals surface area contributed by atoms with Crippen LogP contribution < -0.4 is 5.32 Å². The van der Waals surface area contributed by atoms with Crippen LogP contribution in [0.25, 0.3) is 0 Å². The van der Waals surface area contributed by atoms with E-state index in [9.17, 15) is 22.7 Å². The topological polar surface area (TPSA) is 32.3 Å². The van der Waals surface area contributed by atoms with E-state index in [4.69, 9.17) is 0 Å². The fourth-order valence-electron chi connectivity index (χ4n) is 1.44. The highest BCUT2D eigenvalue weighted by Gasteiger charge is 2.34. The Balaban J connectivity index is 2.96. The Morgan fingerprint density at radius 3 is 2.32 bits per heavy atom. The van der Waals surface area contributed by atoms with Gasteiger partial charge in [0.05, 0.1) is 11.7 Å². The fourth-order valence-corrected chi connectivity index (χ4v) is 1.44. The molecular formula is C13H17F4NO. The minimum atomic E-state index is -4.60. The van der Waals surface area contributed by atoms with Gasteiger partial charge in [-0.15, -0.1) is 0 Å². The molecule has 2 N–H and O–H groups in total. The van der Waals surface area contributed by atoms with E-state index in [1.165, 1.54) is 0 Å². The average Bonchev–Trinajstić information content (AvgIpc) is 2.26. The minimum absolute atomic E-state index is 0.0531. The molecule has 0 aliphatic heterocycles. The molecule has 0 spiro atoms. The largest absolute Gasteiger partial charge is 0.416 e. The van der Waals surface area contributed by atoms with Gasteiger partial charge >= 0.3 is 6.18 Å². The summed E-state index contributed by atoms with van der Waals surface area (Å²) < 4.78 is 51.2. The molecule has 0 heterocycles. The predicted molar refractivity (Wildman–Crippen MR) is 64.0 cm³/mol. The van der Waals surface area contributed by atoms with Crippen LogP contribution in [0.15, 0.2) is 18.2 Å². The Bertz CT molecular complexity index is 441. The second-order valence-electron chi connectivity index (χ2n) is 5.05. The van der Waals surface area contributed by atoms with Gasteiger partial charge in [0.25, 0.3) is 0 Å². The molecule has 0 amide bonds. The third kappa shape index (κ3) is 4.18. The third-order valence-electron chi connectivity index (χ3n) is 3.16. The molecule has 1 aromatic rings. The van der Waals surface area contributed by atoms with E-state index in [0.717, 1.165) is 12.1 Å². The van der Waals surface area contributed by atoms with Gasteiger partial charge in [-0.1, -0.05) is 6.07 Å². The van der Waals surface area contributed by atoms with Crippen molar-refractivity contribution in [3.8, 4) is 0 Å². The summed E-state index contributed by atoms with van der Waals surface area (Å²) in [5.74, 6) is -0.925. The Labute approximate surface area is 109 Å². The second kappa shape index (κ2) is 5.46. The summed E-state index contributed by atoms with van der Waals surface area (Å²) in [6.07, 6.45) is -5.34. The zero-order valence-electron chi connectivity index (χ0n) is 11.0. The minimum Gasteiger partial charge on any atom is -0.392 e. The molecule has 1 unspecified atom stereocenters. The number of aliphatic hydroxyl groups excluding tert-OH is 1. The van der Waals surface area contributed by atoms with Crippen molar-refractivity contribution >= 4 is 0 Å². The number of rotatable bonds is 4. The van der Waals surface area contributed by atoms with Crippen LogP contribution in [0.3, 0.4) is 0 Å². The lowest BCUT2D eigenvalue weighted by Gasteiger charge is -2.30. The highest BCUT2D eigenvalue weighted by Crippen LogP contribution is 2.32. The molecule has 2 nitrogen and oxygen atoms in total. The van der Waals surface area contributed by atoms with Gasteiger partial charge in [-0.3, -0.25) is 0 Å². The van der Waals surface area contributed by atoms with Crippen LogP contribution in [-0.2, 0) is 12.7 Å². The van der Waals surface area contributed by atoms with Crippen LogP contribution in [0, 0.1) is 5.82 Å². The molecule has 1 atom stereocenters. The summed E-state index contributed by atoms with van der Waals surface area (Å²) >= 11 is 0. The molecule has 1 aromatic carbocycles. The lowest BCUT2D eigenvalue weighted by atomic mass is 9.97. The van der Waals surface area contributed by atoms with Gasteiger partial charge in [0.2, 0.25) is 0 Å². The zero-order chi connectivity index (χ0) is 14.8. The van der Waals surface area contributed by atoms with E-state index in [-0.39, 0.29) is 12.1 Å². The molecule has 1 rings (SSSR count). The van der Waals surface area contributed by atoms with E-state index in [0.29, 0.717) is 6.07 Å². The van der Waals surface area contributed by atoms with E-state index in [2.05, 4.69) is 5.32 Å². The molecule has 0 fully saturated rings. The predicted octanol–water partition coefficient (Wildman–Crippen LogP) is 3.09. The first kappa shape index (κ1) is 15.9. The number of aliphatic hydroxyl groups is 1. The lowest BCUT2D eigenvalue weighted by molar-refractivity contribution is -0.138. The molecule has 0 saturated carbocycles. The van der Waals surface area contributed by atoms with E-state index >= 15 is 0 Å². The average molecular weight is 279 g/mol. The van der Waals surface area contributed by atoms with Gasteiger partial charge in [-0.05, 0) is 38.5 Å². The molecule has 0 aliphatic carbocycles. The van der Waals surface area contributed by atoms with Crippen molar-refractivity contribution in [3.63, 3.8) is 0 Å². The van der Waals surface area contributed by atoms with Crippen LogP contribution in [0.4, 0.5) is 17.6 Å². The number of nitrogens with one attached hydrogen (secondary N) is 1. The van der Waals surface area contributed by atoms with Crippen molar-refractivity contribution in [3.05, 3.63) is 35.1 Å². The van der Waals surface area contributed by atoms with Gasteiger partial charge in [0, 0.05) is 12.1 Å². The van der Waals surface area contributed by atoms with Crippen molar-refractivity contribution in [2.24, 2.45) is 0 Å². The highest BCUT2D eigenvalue weighted by molar-refractivity contribution is 5.30. The quantitative estimate of drug-likeness (QED) is 0.830. The van der Waals surface area contributed by atoms with Crippen molar-refractivity contribution in [2.45, 2.75) is 45.1 Å². The van der Waals surface area contributed by atoms with E-state index in [1.54, 1.807) is 20.8 Å². The molecule has 0 radical (unpaired) electrons. The maximum Gasteiger partial charge on any atom is 0.416 e. The lowest BCUT2D eigenvalue weighted by Crippen LogP contribution is -2.47. The normalized spacial score (nSPS) is 14.5. The number of hydrogen-bond acceptors (Lipinski definition) is 2. The fraction of sp³-hybridized carbons (Fsp3) is 0.538. The zero-order valence-corrected chi connectivity index (χ0v) is 11.0. The smallest absolute Gasteiger partial charge is 0.392 e. The number of halogens is 4. The van der Waals surface area contributed by atoms with E-state index < -0.39 is 29.2 Å². The molecule has 108 valence electrons. The Kier molecular flexibility index (Phi) is 4.58. The van der Waals surface area contributed by atoms with Crippen LogP contribution >= 0.6 is 0 Å². The Hall–Kier alpha value is -1.14. The first-order chi connectivity index (χ1) is 8.54. The monoisotopic (exact) mass is 279 g/mol. The molecule has 6 heteroatoms. The summed E-state index contributed by atoms with van der Waals surface area (Å²) in [5.41, 5.74) is -1.79. The maximum atomic E-state index is 12.9. The number of alkyl halides is 3. The van der Waals surface area contributed by atoms with Crippen LogP contribution in [-0.4, -0.2) is 16.7 Å². The van der Waals surface area contributed by atoms with E-state index in [1.807, 2.05) is 0 Å². The third-order valence-corrected chi connectivity index (χ3v) is 3.16. The number of benzene rings is 1. The molecule has 0 aliphatic rings. The molecule has 0 bridgehead atoms. The maximum absolute atomic E-state index is 12.9. The molecule has 19 heavy (non-hydrogen) atoms. The first-order valence-electron chi connectivity index (χ1n) is 5.83. The van der Waals surface area contributed by atoms with Crippen molar-refractivity contribution in [1.29, 1.82) is 0 Å². The van der Waals surface area contributed by atoms with Crippen LogP contribution in [0.5, 0.6) is 0 Å². The number of hydrogen-bond donors (Lipinski definition) is 2. The summed E-state index contributed by atoms with van der Waals surface area (Å²) in [5, 5.41) is 12.3. The molecule has 0 aromatic heterocycles. The van der Waals surface area contributed by atoms with Gasteiger partial charge in [-0.25, -0.2) is 4.39 Å². The first-order valence-corrected chi connectivity index (χ1v) is 5.83. The van der Waals surface area contributed by atoms with Crippen molar-refractivity contribution < 1.29 is 22.7 Å². The summed E-state index contributed by atoms with van der Waals surface area (Å²) in [7, 11) is 0. The second-order valence-corrected chi connectivity index (χ2v) is 5.05. The van der Waals surface area contributed by atoms with Gasteiger partial charge in [0.15, 0.2) is 0 Å².